The summed E-state index contributed by atoms with van der Waals surface area (Å²) >= 11 is 0. The normalized spacial score (nSPS) is 19.9. The molecule has 1 aromatic carbocycles. The third-order valence-electron chi connectivity index (χ3n) is 3.73. The van der Waals surface area contributed by atoms with Gasteiger partial charge in [0.15, 0.2) is 0 Å². The Morgan fingerprint density at radius 3 is 2.47 bits per heavy atom. The summed E-state index contributed by atoms with van der Waals surface area (Å²) in [7, 11) is 0. The fourth-order valence-corrected chi connectivity index (χ4v) is 2.78. The summed E-state index contributed by atoms with van der Waals surface area (Å²) in [4.78, 5) is 2.57. The highest BCUT2D eigenvalue weighted by Crippen LogP contribution is 2.23. The smallest absolute Gasteiger partial charge is 0.0470 e. The molecule has 1 saturated heterocycles. The van der Waals surface area contributed by atoms with Crippen LogP contribution in [-0.2, 0) is 0 Å². The van der Waals surface area contributed by atoms with Crippen LogP contribution in [0.5, 0.6) is 0 Å². The van der Waals surface area contributed by atoms with Gasteiger partial charge >= 0.3 is 0 Å². The Balaban J connectivity index is 2.14. The van der Waals surface area contributed by atoms with Gasteiger partial charge in [0.05, 0.1) is 0 Å². The second-order valence-corrected chi connectivity index (χ2v) is 5.12. The average molecular weight is 232 g/mol. The number of likely N-dealkylation sites (tertiary alicyclic amines) is 1. The first-order valence-electron chi connectivity index (χ1n) is 6.82. The van der Waals surface area contributed by atoms with E-state index in [2.05, 4.69) is 36.1 Å². The SMILES string of the molecule is Cc1cccc(C(CN)N2CCCCCC2)c1. The Kier molecular flexibility index (Phi) is 4.57. The van der Waals surface area contributed by atoms with E-state index in [1.165, 1.54) is 49.9 Å². The van der Waals surface area contributed by atoms with Gasteiger partial charge in [0.1, 0.15) is 0 Å². The molecule has 0 bridgehead atoms. The zero-order chi connectivity index (χ0) is 12.1. The highest BCUT2D eigenvalue weighted by Gasteiger charge is 2.19. The largest absolute Gasteiger partial charge is 0.329 e. The van der Waals surface area contributed by atoms with Crippen molar-refractivity contribution < 1.29 is 0 Å². The summed E-state index contributed by atoms with van der Waals surface area (Å²) < 4.78 is 0. The summed E-state index contributed by atoms with van der Waals surface area (Å²) in [6, 6.07) is 9.20. The Hall–Kier alpha value is -0.860. The van der Waals surface area contributed by atoms with E-state index in [0.29, 0.717) is 6.04 Å². The molecule has 17 heavy (non-hydrogen) atoms. The van der Waals surface area contributed by atoms with E-state index in [1.807, 2.05) is 0 Å². The van der Waals surface area contributed by atoms with Gasteiger partial charge in [0.25, 0.3) is 0 Å². The molecule has 2 rings (SSSR count). The maximum atomic E-state index is 6.00. The van der Waals surface area contributed by atoms with Crippen molar-refractivity contribution in [2.45, 2.75) is 38.6 Å². The molecule has 0 aliphatic carbocycles. The topological polar surface area (TPSA) is 29.3 Å². The van der Waals surface area contributed by atoms with Gasteiger partial charge in [-0.2, -0.15) is 0 Å². The van der Waals surface area contributed by atoms with Gasteiger partial charge in [-0.25, -0.2) is 0 Å². The van der Waals surface area contributed by atoms with Gasteiger partial charge in [0.2, 0.25) is 0 Å². The summed E-state index contributed by atoms with van der Waals surface area (Å²) in [6.45, 7) is 5.29. The van der Waals surface area contributed by atoms with Crippen LogP contribution in [0, 0.1) is 6.92 Å². The molecule has 0 saturated carbocycles. The number of rotatable bonds is 3. The van der Waals surface area contributed by atoms with Crippen molar-refractivity contribution in [3.05, 3.63) is 35.4 Å². The molecule has 1 aliphatic heterocycles. The van der Waals surface area contributed by atoms with Crippen LogP contribution in [0.15, 0.2) is 24.3 Å². The first kappa shape index (κ1) is 12.6. The predicted molar refractivity (Wildman–Crippen MR) is 73.0 cm³/mol. The lowest BCUT2D eigenvalue weighted by molar-refractivity contribution is 0.209. The minimum Gasteiger partial charge on any atom is -0.329 e. The molecule has 1 atom stereocenters. The number of hydrogen-bond donors (Lipinski definition) is 1. The predicted octanol–water partition coefficient (Wildman–Crippen LogP) is 2.87. The molecule has 0 aromatic heterocycles. The van der Waals surface area contributed by atoms with Gasteiger partial charge in [-0.1, -0.05) is 42.7 Å². The Labute approximate surface area is 105 Å². The summed E-state index contributed by atoms with van der Waals surface area (Å²) in [5, 5.41) is 0. The first-order valence-corrected chi connectivity index (χ1v) is 6.82. The third kappa shape index (κ3) is 3.30. The molecule has 2 heteroatoms. The monoisotopic (exact) mass is 232 g/mol. The highest BCUT2D eigenvalue weighted by atomic mass is 15.2. The van der Waals surface area contributed by atoms with E-state index >= 15 is 0 Å². The summed E-state index contributed by atoms with van der Waals surface area (Å²) in [6.07, 6.45) is 5.40. The van der Waals surface area contributed by atoms with Gasteiger partial charge in [0, 0.05) is 12.6 Å². The minimum absolute atomic E-state index is 0.410. The molecular weight excluding hydrogens is 208 g/mol. The van der Waals surface area contributed by atoms with Crippen molar-refractivity contribution in [3.8, 4) is 0 Å². The van der Waals surface area contributed by atoms with Gasteiger partial charge in [-0.05, 0) is 38.4 Å². The molecule has 2 N–H and O–H groups in total. The Bertz CT molecular complexity index is 341. The zero-order valence-electron chi connectivity index (χ0n) is 10.9. The van der Waals surface area contributed by atoms with E-state index in [4.69, 9.17) is 5.73 Å². The van der Waals surface area contributed by atoms with Crippen LogP contribution in [0.2, 0.25) is 0 Å². The molecule has 0 spiro atoms. The average Bonchev–Trinajstić information content (AvgIpc) is 2.59. The van der Waals surface area contributed by atoms with Crippen LogP contribution in [0.1, 0.15) is 42.9 Å². The molecule has 0 amide bonds. The van der Waals surface area contributed by atoms with Crippen molar-refractivity contribution in [2.24, 2.45) is 5.73 Å². The lowest BCUT2D eigenvalue weighted by atomic mass is 10.0. The molecule has 2 nitrogen and oxygen atoms in total. The van der Waals surface area contributed by atoms with Crippen molar-refractivity contribution in [1.29, 1.82) is 0 Å². The van der Waals surface area contributed by atoms with Crippen LogP contribution in [0.4, 0.5) is 0 Å². The Morgan fingerprint density at radius 1 is 1.18 bits per heavy atom. The van der Waals surface area contributed by atoms with E-state index in [1.54, 1.807) is 0 Å². The first-order chi connectivity index (χ1) is 8.31. The number of benzene rings is 1. The molecule has 94 valence electrons. The number of aryl methyl sites for hydroxylation is 1. The van der Waals surface area contributed by atoms with E-state index in [0.717, 1.165) is 6.54 Å². The van der Waals surface area contributed by atoms with E-state index < -0.39 is 0 Å². The summed E-state index contributed by atoms with van der Waals surface area (Å²) in [5.74, 6) is 0. The zero-order valence-corrected chi connectivity index (χ0v) is 10.9. The minimum atomic E-state index is 0.410. The fourth-order valence-electron chi connectivity index (χ4n) is 2.78. The van der Waals surface area contributed by atoms with Crippen molar-refractivity contribution in [2.75, 3.05) is 19.6 Å². The third-order valence-corrected chi connectivity index (χ3v) is 3.73. The molecular formula is C15H24N2. The molecule has 1 heterocycles. The maximum absolute atomic E-state index is 6.00. The van der Waals surface area contributed by atoms with Crippen molar-refractivity contribution >= 4 is 0 Å². The molecule has 1 aliphatic rings. The van der Waals surface area contributed by atoms with Crippen LogP contribution in [-0.4, -0.2) is 24.5 Å². The molecule has 0 radical (unpaired) electrons. The van der Waals surface area contributed by atoms with Crippen LogP contribution in [0.3, 0.4) is 0 Å². The fraction of sp³-hybridized carbons (Fsp3) is 0.600. The molecule has 1 fully saturated rings. The quantitative estimate of drug-likeness (QED) is 0.868. The van der Waals surface area contributed by atoms with Crippen LogP contribution >= 0.6 is 0 Å². The second-order valence-electron chi connectivity index (χ2n) is 5.12. The maximum Gasteiger partial charge on any atom is 0.0470 e. The standard InChI is InChI=1S/C15H24N2/c1-13-7-6-8-14(11-13)15(12-16)17-9-4-2-3-5-10-17/h6-8,11,15H,2-5,9-10,12,16H2,1H3. The molecule has 1 unspecified atom stereocenters. The van der Waals surface area contributed by atoms with Crippen molar-refractivity contribution in [3.63, 3.8) is 0 Å². The van der Waals surface area contributed by atoms with Gasteiger partial charge in [-0.3, -0.25) is 4.90 Å². The number of nitrogens with two attached hydrogens (primary N) is 1. The Morgan fingerprint density at radius 2 is 1.88 bits per heavy atom. The number of hydrogen-bond acceptors (Lipinski definition) is 2. The second kappa shape index (κ2) is 6.18. The number of nitrogens with zero attached hydrogens (tertiary/aromatic N) is 1. The summed E-state index contributed by atoms with van der Waals surface area (Å²) in [5.41, 5.74) is 8.71. The van der Waals surface area contributed by atoms with Gasteiger partial charge < -0.3 is 5.73 Å². The molecule has 1 aromatic rings. The van der Waals surface area contributed by atoms with E-state index in [9.17, 15) is 0 Å². The van der Waals surface area contributed by atoms with Gasteiger partial charge in [-0.15, -0.1) is 0 Å². The highest BCUT2D eigenvalue weighted by molar-refractivity contribution is 5.25. The van der Waals surface area contributed by atoms with Crippen LogP contribution < -0.4 is 5.73 Å². The lowest BCUT2D eigenvalue weighted by Crippen LogP contribution is -2.34. The van der Waals surface area contributed by atoms with Crippen LogP contribution in [0.25, 0.3) is 0 Å². The lowest BCUT2D eigenvalue weighted by Gasteiger charge is -2.30. The van der Waals surface area contributed by atoms with E-state index in [-0.39, 0.29) is 0 Å². The van der Waals surface area contributed by atoms with Crippen molar-refractivity contribution in [1.82, 2.24) is 4.90 Å².